The monoisotopic (exact) mass is 447 g/mol. The van der Waals surface area contributed by atoms with Crippen LogP contribution in [0, 0.1) is 0 Å². The zero-order valence-electron chi connectivity index (χ0n) is 18.5. The Morgan fingerprint density at radius 1 is 1.06 bits per heavy atom. The van der Waals surface area contributed by atoms with E-state index in [1.54, 1.807) is 6.07 Å². The van der Waals surface area contributed by atoms with Crippen LogP contribution in [0.3, 0.4) is 0 Å². The first kappa shape index (κ1) is 21.0. The molecular formula is C26H25NO6. The lowest BCUT2D eigenvalue weighted by atomic mass is 9.86. The molecule has 2 heterocycles. The molecule has 0 aromatic heterocycles. The van der Waals surface area contributed by atoms with Gasteiger partial charge in [-0.2, -0.15) is 0 Å². The molecule has 1 N–H and O–H groups in total. The van der Waals surface area contributed by atoms with Gasteiger partial charge in [-0.15, -0.1) is 0 Å². The number of para-hydroxylation sites is 1. The van der Waals surface area contributed by atoms with Crippen molar-refractivity contribution in [1.29, 1.82) is 0 Å². The number of aromatic hydroxyl groups is 1. The number of hydrogen-bond donors (Lipinski definition) is 1. The maximum atomic E-state index is 13.6. The fraction of sp³-hybridized carbons (Fsp3) is 0.269. The first-order valence-electron chi connectivity index (χ1n) is 10.8. The van der Waals surface area contributed by atoms with Gasteiger partial charge in [-0.25, -0.2) is 0 Å². The SMILES string of the molecule is COc1cc(O)c(C(CC(=O)N2CCc3ccccc32)c2ccc3c(c2)OCO3)c(OC)c1. The van der Waals surface area contributed by atoms with E-state index in [0.29, 0.717) is 35.1 Å². The highest BCUT2D eigenvalue weighted by molar-refractivity contribution is 5.96. The Morgan fingerprint density at radius 3 is 2.70 bits per heavy atom. The average Bonchev–Trinajstić information content (AvgIpc) is 3.48. The van der Waals surface area contributed by atoms with Crippen molar-refractivity contribution in [2.24, 2.45) is 0 Å². The molecule has 1 amide bonds. The molecule has 0 saturated carbocycles. The van der Waals surface area contributed by atoms with Gasteiger partial charge in [-0.3, -0.25) is 4.79 Å². The van der Waals surface area contributed by atoms with Crippen LogP contribution >= 0.6 is 0 Å². The number of amides is 1. The number of ether oxygens (including phenoxy) is 4. The van der Waals surface area contributed by atoms with Crippen LogP contribution in [-0.2, 0) is 11.2 Å². The van der Waals surface area contributed by atoms with Crippen LogP contribution in [0.5, 0.6) is 28.7 Å². The maximum absolute atomic E-state index is 13.6. The molecular weight excluding hydrogens is 422 g/mol. The van der Waals surface area contributed by atoms with Gasteiger partial charge in [0.1, 0.15) is 17.2 Å². The number of rotatable bonds is 6. The molecule has 1 unspecified atom stereocenters. The molecule has 0 aliphatic carbocycles. The Hall–Kier alpha value is -3.87. The van der Waals surface area contributed by atoms with Crippen LogP contribution in [0.2, 0.25) is 0 Å². The summed E-state index contributed by atoms with van der Waals surface area (Å²) >= 11 is 0. The van der Waals surface area contributed by atoms with E-state index in [1.807, 2.05) is 41.3 Å². The number of phenols is 1. The molecule has 5 rings (SSSR count). The van der Waals surface area contributed by atoms with E-state index in [1.165, 1.54) is 20.3 Å². The van der Waals surface area contributed by atoms with Crippen molar-refractivity contribution in [2.75, 3.05) is 32.5 Å². The van der Waals surface area contributed by atoms with Gasteiger partial charge < -0.3 is 29.0 Å². The standard InChI is InChI=1S/C26H25NO6/c1-30-18-12-21(28)26(24(13-18)31-2)19(17-7-8-22-23(11-17)33-15-32-22)14-25(29)27-10-9-16-5-3-4-6-20(16)27/h3-8,11-13,19,28H,9-10,14-15H2,1-2H3. The Morgan fingerprint density at radius 2 is 1.88 bits per heavy atom. The molecule has 0 saturated heterocycles. The third kappa shape index (κ3) is 3.80. The van der Waals surface area contributed by atoms with Crippen molar-refractivity contribution < 1.29 is 28.8 Å². The summed E-state index contributed by atoms with van der Waals surface area (Å²) in [6.45, 7) is 0.793. The van der Waals surface area contributed by atoms with Gasteiger partial charge in [0, 0.05) is 42.3 Å². The Balaban J connectivity index is 1.56. The molecule has 1 atom stereocenters. The third-order valence-corrected chi connectivity index (χ3v) is 6.26. The highest BCUT2D eigenvalue weighted by Gasteiger charge is 2.31. The van der Waals surface area contributed by atoms with Crippen molar-refractivity contribution in [2.45, 2.75) is 18.8 Å². The summed E-state index contributed by atoms with van der Waals surface area (Å²) in [5.74, 6) is 1.69. The van der Waals surface area contributed by atoms with E-state index in [-0.39, 0.29) is 24.9 Å². The van der Waals surface area contributed by atoms with Gasteiger partial charge in [0.15, 0.2) is 11.5 Å². The minimum Gasteiger partial charge on any atom is -0.507 e. The molecule has 3 aromatic carbocycles. The molecule has 7 heteroatoms. The summed E-state index contributed by atoms with van der Waals surface area (Å²) in [7, 11) is 3.06. The zero-order chi connectivity index (χ0) is 22.9. The van der Waals surface area contributed by atoms with Crippen molar-refractivity contribution in [3.63, 3.8) is 0 Å². The smallest absolute Gasteiger partial charge is 0.231 e. The van der Waals surface area contributed by atoms with Gasteiger partial charge in [0.2, 0.25) is 12.7 Å². The second-order valence-corrected chi connectivity index (χ2v) is 8.06. The van der Waals surface area contributed by atoms with Gasteiger partial charge in [-0.1, -0.05) is 24.3 Å². The Labute approximate surface area is 192 Å². The lowest BCUT2D eigenvalue weighted by Crippen LogP contribution is -2.30. The lowest BCUT2D eigenvalue weighted by Gasteiger charge is -2.25. The molecule has 0 spiro atoms. The van der Waals surface area contributed by atoms with Crippen LogP contribution in [0.15, 0.2) is 54.6 Å². The summed E-state index contributed by atoms with van der Waals surface area (Å²) in [5.41, 5.74) is 3.45. The number of nitrogens with zero attached hydrogens (tertiary/aromatic N) is 1. The molecule has 170 valence electrons. The number of carbonyl (C=O) groups excluding carboxylic acids is 1. The Bertz CT molecular complexity index is 1210. The molecule has 2 aliphatic rings. The summed E-state index contributed by atoms with van der Waals surface area (Å²) in [4.78, 5) is 15.4. The second-order valence-electron chi connectivity index (χ2n) is 8.06. The largest absolute Gasteiger partial charge is 0.507 e. The highest BCUT2D eigenvalue weighted by Crippen LogP contribution is 2.45. The fourth-order valence-electron chi connectivity index (χ4n) is 4.62. The van der Waals surface area contributed by atoms with Crippen molar-refractivity contribution in [3.8, 4) is 28.7 Å². The molecule has 3 aromatic rings. The lowest BCUT2D eigenvalue weighted by molar-refractivity contribution is -0.118. The minimum absolute atomic E-state index is 0.00323. The first-order chi connectivity index (χ1) is 16.1. The number of hydrogen-bond acceptors (Lipinski definition) is 6. The molecule has 33 heavy (non-hydrogen) atoms. The quantitative estimate of drug-likeness (QED) is 0.609. The van der Waals surface area contributed by atoms with Crippen LogP contribution in [0.4, 0.5) is 5.69 Å². The van der Waals surface area contributed by atoms with Crippen molar-refractivity contribution in [3.05, 3.63) is 71.3 Å². The normalized spacial score (nSPS) is 14.7. The summed E-state index contributed by atoms with van der Waals surface area (Å²) < 4.78 is 21.9. The molecule has 0 radical (unpaired) electrons. The minimum atomic E-state index is -0.472. The van der Waals surface area contributed by atoms with E-state index >= 15 is 0 Å². The van der Waals surface area contributed by atoms with Crippen LogP contribution in [-0.4, -0.2) is 38.6 Å². The second kappa shape index (κ2) is 8.58. The maximum Gasteiger partial charge on any atom is 0.231 e. The van der Waals surface area contributed by atoms with E-state index in [0.717, 1.165) is 23.2 Å². The predicted octanol–water partition coefficient (Wildman–Crippen LogP) is 4.25. The predicted molar refractivity (Wildman–Crippen MR) is 123 cm³/mol. The molecule has 0 bridgehead atoms. The highest BCUT2D eigenvalue weighted by atomic mass is 16.7. The van der Waals surface area contributed by atoms with Crippen LogP contribution in [0.1, 0.15) is 29.0 Å². The molecule has 2 aliphatic heterocycles. The van der Waals surface area contributed by atoms with Gasteiger partial charge >= 0.3 is 0 Å². The summed E-state index contributed by atoms with van der Waals surface area (Å²) in [5, 5.41) is 11.0. The number of phenolic OH excluding ortho intramolecular Hbond substituents is 1. The van der Waals surface area contributed by atoms with Crippen LogP contribution < -0.4 is 23.8 Å². The average molecular weight is 447 g/mol. The molecule has 0 fully saturated rings. The van der Waals surface area contributed by atoms with E-state index < -0.39 is 5.92 Å². The van der Waals surface area contributed by atoms with E-state index in [9.17, 15) is 9.90 Å². The van der Waals surface area contributed by atoms with E-state index in [2.05, 4.69) is 6.07 Å². The van der Waals surface area contributed by atoms with Crippen molar-refractivity contribution >= 4 is 11.6 Å². The number of anilines is 1. The number of methoxy groups -OCH3 is 2. The fourth-order valence-corrected chi connectivity index (χ4v) is 4.62. The number of fused-ring (bicyclic) bond motifs is 2. The summed E-state index contributed by atoms with van der Waals surface area (Å²) in [6.07, 6.45) is 0.970. The van der Waals surface area contributed by atoms with Gasteiger partial charge in [-0.05, 0) is 35.7 Å². The topological polar surface area (TPSA) is 77.5 Å². The first-order valence-corrected chi connectivity index (χ1v) is 10.8. The van der Waals surface area contributed by atoms with E-state index in [4.69, 9.17) is 18.9 Å². The van der Waals surface area contributed by atoms with Gasteiger partial charge in [0.25, 0.3) is 0 Å². The molecule has 7 nitrogen and oxygen atoms in total. The third-order valence-electron chi connectivity index (χ3n) is 6.26. The zero-order valence-corrected chi connectivity index (χ0v) is 18.5. The number of benzene rings is 3. The summed E-state index contributed by atoms with van der Waals surface area (Å²) in [6, 6.07) is 16.8. The number of carbonyl (C=O) groups is 1. The Kier molecular flexibility index (Phi) is 5.46. The van der Waals surface area contributed by atoms with Crippen molar-refractivity contribution in [1.82, 2.24) is 0 Å². The van der Waals surface area contributed by atoms with Gasteiger partial charge in [0.05, 0.1) is 14.2 Å². The van der Waals surface area contributed by atoms with Crippen LogP contribution in [0.25, 0.3) is 0 Å².